The van der Waals surface area contributed by atoms with E-state index in [2.05, 4.69) is 35.0 Å². The third-order valence-corrected chi connectivity index (χ3v) is 4.44. The van der Waals surface area contributed by atoms with E-state index in [0.29, 0.717) is 12.5 Å². The molecule has 1 aromatic heterocycles. The molecule has 2 heteroatoms. The van der Waals surface area contributed by atoms with Gasteiger partial charge in [-0.1, -0.05) is 31.4 Å². The fraction of sp³-hybridized carbons (Fsp3) is 0.556. The van der Waals surface area contributed by atoms with Crippen LogP contribution in [0.3, 0.4) is 0 Å². The van der Waals surface area contributed by atoms with Gasteiger partial charge in [-0.2, -0.15) is 0 Å². The fourth-order valence-electron chi connectivity index (χ4n) is 3.55. The summed E-state index contributed by atoms with van der Waals surface area (Å²) in [5.41, 5.74) is 1.93. The molecule has 1 saturated carbocycles. The molecular formula is C18H25NO. The lowest BCUT2D eigenvalue weighted by Crippen LogP contribution is -2.21. The van der Waals surface area contributed by atoms with Crippen molar-refractivity contribution < 1.29 is 5.11 Å². The Balaban J connectivity index is 1.98. The van der Waals surface area contributed by atoms with Crippen molar-refractivity contribution in [3.63, 3.8) is 0 Å². The molecule has 3 rings (SSSR count). The van der Waals surface area contributed by atoms with Gasteiger partial charge in [0, 0.05) is 29.6 Å². The van der Waals surface area contributed by atoms with Crippen molar-refractivity contribution in [1.29, 1.82) is 0 Å². The molecule has 0 spiro atoms. The first kappa shape index (κ1) is 13.7. The highest BCUT2D eigenvalue weighted by molar-refractivity contribution is 5.84. The molecule has 20 heavy (non-hydrogen) atoms. The van der Waals surface area contributed by atoms with Crippen molar-refractivity contribution in [1.82, 2.24) is 4.57 Å². The van der Waals surface area contributed by atoms with Crippen LogP contribution >= 0.6 is 0 Å². The van der Waals surface area contributed by atoms with Crippen LogP contribution in [0.5, 0.6) is 0 Å². The van der Waals surface area contributed by atoms with Gasteiger partial charge >= 0.3 is 0 Å². The van der Waals surface area contributed by atoms with Crippen molar-refractivity contribution in [2.45, 2.75) is 64.0 Å². The minimum Gasteiger partial charge on any atom is -0.390 e. The molecule has 0 amide bonds. The SMILES string of the molecule is CC(C)(O)Cc1cccc2c1ccn2C1CCCCC1. The van der Waals surface area contributed by atoms with Crippen LogP contribution in [0.15, 0.2) is 30.5 Å². The highest BCUT2D eigenvalue weighted by Gasteiger charge is 2.19. The first-order valence-electron chi connectivity index (χ1n) is 7.85. The van der Waals surface area contributed by atoms with Crippen LogP contribution in [-0.4, -0.2) is 15.3 Å². The van der Waals surface area contributed by atoms with Crippen molar-refractivity contribution in [2.24, 2.45) is 0 Å². The average molecular weight is 271 g/mol. The summed E-state index contributed by atoms with van der Waals surface area (Å²) in [5, 5.41) is 11.4. The Labute approximate surface area is 121 Å². The van der Waals surface area contributed by atoms with Crippen LogP contribution in [-0.2, 0) is 6.42 Å². The Morgan fingerprint density at radius 3 is 2.60 bits per heavy atom. The molecule has 1 aliphatic rings. The van der Waals surface area contributed by atoms with E-state index in [0.717, 1.165) is 0 Å². The highest BCUT2D eigenvalue weighted by atomic mass is 16.3. The third kappa shape index (κ3) is 2.76. The molecule has 108 valence electrons. The summed E-state index contributed by atoms with van der Waals surface area (Å²) >= 11 is 0. The van der Waals surface area contributed by atoms with E-state index in [-0.39, 0.29) is 0 Å². The van der Waals surface area contributed by atoms with Crippen LogP contribution in [0.25, 0.3) is 10.9 Å². The first-order valence-corrected chi connectivity index (χ1v) is 7.85. The predicted molar refractivity (Wildman–Crippen MR) is 84.1 cm³/mol. The summed E-state index contributed by atoms with van der Waals surface area (Å²) in [7, 11) is 0. The molecule has 1 fully saturated rings. The van der Waals surface area contributed by atoms with Crippen LogP contribution in [0.1, 0.15) is 57.6 Å². The zero-order chi connectivity index (χ0) is 14.2. The molecule has 0 bridgehead atoms. The van der Waals surface area contributed by atoms with Gasteiger partial charge in [-0.05, 0) is 44.4 Å². The monoisotopic (exact) mass is 271 g/mol. The zero-order valence-corrected chi connectivity index (χ0v) is 12.6. The molecule has 0 radical (unpaired) electrons. The minimum atomic E-state index is -0.652. The van der Waals surface area contributed by atoms with Gasteiger partial charge < -0.3 is 9.67 Å². The van der Waals surface area contributed by atoms with E-state index in [1.54, 1.807) is 0 Å². The number of rotatable bonds is 3. The number of aliphatic hydroxyl groups is 1. The number of hydrogen-bond acceptors (Lipinski definition) is 1. The fourth-order valence-corrected chi connectivity index (χ4v) is 3.55. The Morgan fingerprint density at radius 2 is 1.90 bits per heavy atom. The smallest absolute Gasteiger partial charge is 0.0632 e. The van der Waals surface area contributed by atoms with Crippen molar-refractivity contribution in [3.8, 4) is 0 Å². The zero-order valence-electron chi connectivity index (χ0n) is 12.6. The molecule has 0 aliphatic heterocycles. The van der Waals surface area contributed by atoms with E-state index in [9.17, 15) is 5.11 Å². The van der Waals surface area contributed by atoms with E-state index in [1.807, 2.05) is 13.8 Å². The summed E-state index contributed by atoms with van der Waals surface area (Å²) < 4.78 is 2.46. The quantitative estimate of drug-likeness (QED) is 0.876. The average Bonchev–Trinajstić information content (AvgIpc) is 2.83. The van der Waals surface area contributed by atoms with Gasteiger partial charge in [-0.25, -0.2) is 0 Å². The molecule has 1 heterocycles. The number of nitrogens with zero attached hydrogens (tertiary/aromatic N) is 1. The molecule has 2 nitrogen and oxygen atoms in total. The number of aromatic nitrogens is 1. The lowest BCUT2D eigenvalue weighted by Gasteiger charge is -2.24. The molecule has 0 unspecified atom stereocenters. The summed E-state index contributed by atoms with van der Waals surface area (Å²) in [6, 6.07) is 9.38. The standard InChI is InChI=1S/C18H25NO/c1-18(2,20)13-14-7-6-10-17-16(14)11-12-19(17)15-8-4-3-5-9-15/h6-7,10-12,15,20H,3-5,8-9,13H2,1-2H3. The topological polar surface area (TPSA) is 25.2 Å². The molecule has 0 atom stereocenters. The number of benzene rings is 1. The number of hydrogen-bond donors (Lipinski definition) is 1. The second-order valence-corrected chi connectivity index (χ2v) is 6.85. The lowest BCUT2D eigenvalue weighted by molar-refractivity contribution is 0.0813. The highest BCUT2D eigenvalue weighted by Crippen LogP contribution is 2.33. The summed E-state index contributed by atoms with van der Waals surface area (Å²) in [4.78, 5) is 0. The van der Waals surface area contributed by atoms with E-state index >= 15 is 0 Å². The Morgan fingerprint density at radius 1 is 1.15 bits per heavy atom. The maximum absolute atomic E-state index is 10.1. The first-order chi connectivity index (χ1) is 9.54. The van der Waals surface area contributed by atoms with E-state index in [4.69, 9.17) is 0 Å². The van der Waals surface area contributed by atoms with Gasteiger partial charge in [0.2, 0.25) is 0 Å². The van der Waals surface area contributed by atoms with Gasteiger partial charge in [-0.15, -0.1) is 0 Å². The molecular weight excluding hydrogens is 246 g/mol. The largest absolute Gasteiger partial charge is 0.390 e. The van der Waals surface area contributed by atoms with Gasteiger partial charge in [-0.3, -0.25) is 0 Å². The second kappa shape index (κ2) is 5.25. The minimum absolute atomic E-state index is 0.652. The Kier molecular flexibility index (Phi) is 3.59. The maximum atomic E-state index is 10.1. The van der Waals surface area contributed by atoms with Crippen molar-refractivity contribution in [3.05, 3.63) is 36.0 Å². The van der Waals surface area contributed by atoms with Crippen molar-refractivity contribution in [2.75, 3.05) is 0 Å². The molecule has 0 saturated heterocycles. The van der Waals surface area contributed by atoms with Crippen LogP contribution in [0, 0.1) is 0 Å². The van der Waals surface area contributed by atoms with Crippen molar-refractivity contribution >= 4 is 10.9 Å². The van der Waals surface area contributed by atoms with Crippen LogP contribution in [0.4, 0.5) is 0 Å². The van der Waals surface area contributed by atoms with Gasteiger partial charge in [0.25, 0.3) is 0 Å². The van der Waals surface area contributed by atoms with Gasteiger partial charge in [0.15, 0.2) is 0 Å². The third-order valence-electron chi connectivity index (χ3n) is 4.44. The van der Waals surface area contributed by atoms with Crippen LogP contribution in [0.2, 0.25) is 0 Å². The molecule has 1 aliphatic carbocycles. The predicted octanol–water partition coefficient (Wildman–Crippen LogP) is 4.46. The molecule has 1 aromatic carbocycles. The van der Waals surface area contributed by atoms with E-state index in [1.165, 1.54) is 48.6 Å². The molecule has 1 N–H and O–H groups in total. The maximum Gasteiger partial charge on any atom is 0.0632 e. The number of fused-ring (bicyclic) bond motifs is 1. The normalized spacial score (nSPS) is 17.8. The summed E-state index contributed by atoms with van der Waals surface area (Å²) in [6.45, 7) is 3.76. The summed E-state index contributed by atoms with van der Waals surface area (Å²) in [6.07, 6.45) is 9.66. The van der Waals surface area contributed by atoms with Gasteiger partial charge in [0.05, 0.1) is 5.60 Å². The lowest BCUT2D eigenvalue weighted by atomic mass is 9.94. The Bertz CT molecular complexity index is 585. The van der Waals surface area contributed by atoms with Crippen LogP contribution < -0.4 is 0 Å². The molecule has 2 aromatic rings. The summed E-state index contributed by atoms with van der Waals surface area (Å²) in [5.74, 6) is 0. The van der Waals surface area contributed by atoms with Gasteiger partial charge in [0.1, 0.15) is 0 Å². The van der Waals surface area contributed by atoms with E-state index < -0.39 is 5.60 Å². The second-order valence-electron chi connectivity index (χ2n) is 6.85. The Hall–Kier alpha value is -1.28.